The minimum Gasteiger partial charge on any atom is -0.352 e. The Balaban J connectivity index is 1.44. The molecule has 1 saturated heterocycles. The summed E-state index contributed by atoms with van der Waals surface area (Å²) in [5.74, 6) is -0.0396. The van der Waals surface area contributed by atoms with E-state index in [9.17, 15) is 4.79 Å². The standard InChI is InChI=1S/C26H30ClN3OS/c1-2-20-10-5-6-15-30(20)16-8-14-28-26(31)23-18-25(29-24-13-4-3-12-22(23)24)32-21-11-7-9-19(27)17-21/h3-4,7,9,11-13,17-18,20H,2,5-6,8,10,14-16H2,1H3,(H,28,31). The second-order valence-corrected chi connectivity index (χ2v) is 9.82. The number of amides is 1. The number of nitrogens with zero attached hydrogens (tertiary/aromatic N) is 2. The SMILES string of the molecule is CCC1CCCCN1CCCNC(=O)c1cc(Sc2cccc(Cl)c2)nc2ccccc12. The lowest BCUT2D eigenvalue weighted by molar-refractivity contribution is 0.0948. The summed E-state index contributed by atoms with van der Waals surface area (Å²) < 4.78 is 0. The van der Waals surface area contributed by atoms with Crippen molar-refractivity contribution in [1.82, 2.24) is 15.2 Å². The van der Waals surface area contributed by atoms with E-state index in [4.69, 9.17) is 16.6 Å². The number of rotatable bonds is 8. The highest BCUT2D eigenvalue weighted by atomic mass is 35.5. The zero-order chi connectivity index (χ0) is 22.3. The molecule has 0 aliphatic carbocycles. The third-order valence-corrected chi connectivity index (χ3v) is 7.23. The molecular formula is C26H30ClN3OS. The molecule has 1 aliphatic heterocycles. The summed E-state index contributed by atoms with van der Waals surface area (Å²) in [6.07, 6.45) is 6.12. The summed E-state index contributed by atoms with van der Waals surface area (Å²) in [5.41, 5.74) is 1.49. The van der Waals surface area contributed by atoms with Gasteiger partial charge in [-0.3, -0.25) is 4.79 Å². The van der Waals surface area contributed by atoms with E-state index in [-0.39, 0.29) is 5.91 Å². The first-order chi connectivity index (χ1) is 15.6. The van der Waals surface area contributed by atoms with Crippen LogP contribution < -0.4 is 5.32 Å². The van der Waals surface area contributed by atoms with Crippen LogP contribution in [0.2, 0.25) is 5.02 Å². The number of nitrogens with one attached hydrogen (secondary N) is 1. The van der Waals surface area contributed by atoms with Crippen LogP contribution in [0.25, 0.3) is 10.9 Å². The molecule has 0 saturated carbocycles. The minimum absolute atomic E-state index is 0.0396. The molecule has 3 aromatic rings. The highest BCUT2D eigenvalue weighted by Crippen LogP contribution is 2.31. The molecule has 1 fully saturated rings. The Labute approximate surface area is 199 Å². The van der Waals surface area contributed by atoms with Gasteiger partial charge in [-0.25, -0.2) is 4.98 Å². The number of para-hydroxylation sites is 1. The Bertz CT molecular complexity index is 1070. The van der Waals surface area contributed by atoms with Crippen molar-refractivity contribution in [2.24, 2.45) is 0 Å². The van der Waals surface area contributed by atoms with Crippen LogP contribution in [0.5, 0.6) is 0 Å². The molecule has 0 radical (unpaired) electrons. The lowest BCUT2D eigenvalue weighted by Crippen LogP contribution is -2.40. The molecule has 1 atom stereocenters. The van der Waals surface area contributed by atoms with Crippen LogP contribution in [0.1, 0.15) is 49.4 Å². The summed E-state index contributed by atoms with van der Waals surface area (Å²) in [6, 6.07) is 18.1. The van der Waals surface area contributed by atoms with Crippen molar-refractivity contribution in [3.63, 3.8) is 0 Å². The number of hydrogen-bond donors (Lipinski definition) is 1. The Kier molecular flexibility index (Phi) is 8.06. The first-order valence-corrected chi connectivity index (χ1v) is 12.7. The van der Waals surface area contributed by atoms with Crippen molar-refractivity contribution in [2.75, 3.05) is 19.6 Å². The number of fused-ring (bicyclic) bond motifs is 1. The molecule has 168 valence electrons. The van der Waals surface area contributed by atoms with E-state index in [0.717, 1.165) is 33.8 Å². The van der Waals surface area contributed by atoms with Gasteiger partial charge in [-0.2, -0.15) is 0 Å². The predicted molar refractivity (Wildman–Crippen MR) is 134 cm³/mol. The second-order valence-electron chi connectivity index (χ2n) is 8.29. The van der Waals surface area contributed by atoms with Gasteiger partial charge in [0.05, 0.1) is 11.1 Å². The van der Waals surface area contributed by atoms with Crippen molar-refractivity contribution in [3.05, 3.63) is 65.2 Å². The first kappa shape index (κ1) is 23.1. The van der Waals surface area contributed by atoms with Crippen LogP contribution >= 0.6 is 23.4 Å². The molecule has 4 nitrogen and oxygen atoms in total. The van der Waals surface area contributed by atoms with Crippen LogP contribution in [-0.4, -0.2) is 41.5 Å². The zero-order valence-electron chi connectivity index (χ0n) is 18.5. The topological polar surface area (TPSA) is 45.2 Å². The molecule has 2 aromatic carbocycles. The van der Waals surface area contributed by atoms with Crippen LogP contribution in [0.4, 0.5) is 0 Å². The van der Waals surface area contributed by atoms with Crippen LogP contribution in [0, 0.1) is 0 Å². The fourth-order valence-electron chi connectivity index (χ4n) is 4.44. The molecule has 0 spiro atoms. The van der Waals surface area contributed by atoms with E-state index in [2.05, 4.69) is 17.1 Å². The van der Waals surface area contributed by atoms with Gasteiger partial charge in [0.2, 0.25) is 0 Å². The number of piperidine rings is 1. The van der Waals surface area contributed by atoms with E-state index in [0.29, 0.717) is 23.2 Å². The fourth-order valence-corrected chi connectivity index (χ4v) is 5.59. The summed E-state index contributed by atoms with van der Waals surface area (Å²) in [5, 5.41) is 5.49. The van der Waals surface area contributed by atoms with Crippen molar-refractivity contribution in [2.45, 2.75) is 55.0 Å². The Morgan fingerprint density at radius 3 is 2.91 bits per heavy atom. The van der Waals surface area contributed by atoms with Crippen molar-refractivity contribution in [1.29, 1.82) is 0 Å². The molecular weight excluding hydrogens is 438 g/mol. The summed E-state index contributed by atoms with van der Waals surface area (Å²) >= 11 is 7.65. The van der Waals surface area contributed by atoms with Gasteiger partial charge in [0.25, 0.3) is 5.91 Å². The average molecular weight is 468 g/mol. The van der Waals surface area contributed by atoms with Crippen LogP contribution in [-0.2, 0) is 0 Å². The molecule has 1 N–H and O–H groups in total. The van der Waals surface area contributed by atoms with E-state index in [1.165, 1.54) is 44.0 Å². The minimum atomic E-state index is -0.0396. The van der Waals surface area contributed by atoms with Crippen molar-refractivity contribution in [3.8, 4) is 0 Å². The largest absolute Gasteiger partial charge is 0.352 e. The van der Waals surface area contributed by atoms with Gasteiger partial charge in [-0.1, -0.05) is 61.0 Å². The number of carbonyl (C=O) groups excluding carboxylic acids is 1. The van der Waals surface area contributed by atoms with Crippen LogP contribution in [0.3, 0.4) is 0 Å². The Morgan fingerprint density at radius 1 is 1.19 bits per heavy atom. The molecule has 1 aliphatic rings. The lowest BCUT2D eigenvalue weighted by atomic mass is 10.00. The van der Waals surface area contributed by atoms with E-state index >= 15 is 0 Å². The average Bonchev–Trinajstić information content (AvgIpc) is 2.81. The first-order valence-electron chi connectivity index (χ1n) is 11.5. The number of hydrogen-bond acceptors (Lipinski definition) is 4. The molecule has 32 heavy (non-hydrogen) atoms. The highest BCUT2D eigenvalue weighted by Gasteiger charge is 2.20. The van der Waals surface area contributed by atoms with Gasteiger partial charge in [0.1, 0.15) is 5.03 Å². The number of halogens is 1. The number of carbonyl (C=O) groups is 1. The monoisotopic (exact) mass is 467 g/mol. The third-order valence-electron chi connectivity index (χ3n) is 6.08. The maximum absolute atomic E-state index is 13.1. The molecule has 1 amide bonds. The Hall–Kier alpha value is -2.08. The molecule has 0 bridgehead atoms. The van der Waals surface area contributed by atoms with Crippen LogP contribution in [0.15, 0.2) is 64.5 Å². The molecule has 1 aromatic heterocycles. The summed E-state index contributed by atoms with van der Waals surface area (Å²) in [6.45, 7) is 5.19. The number of benzene rings is 2. The Morgan fingerprint density at radius 2 is 2.06 bits per heavy atom. The maximum atomic E-state index is 13.1. The van der Waals surface area contributed by atoms with E-state index < -0.39 is 0 Å². The molecule has 4 rings (SSSR count). The van der Waals surface area contributed by atoms with Gasteiger partial charge in [-0.05, 0) is 62.6 Å². The zero-order valence-corrected chi connectivity index (χ0v) is 20.1. The fraction of sp³-hybridized carbons (Fsp3) is 0.385. The van der Waals surface area contributed by atoms with Gasteiger partial charge >= 0.3 is 0 Å². The molecule has 6 heteroatoms. The maximum Gasteiger partial charge on any atom is 0.252 e. The smallest absolute Gasteiger partial charge is 0.252 e. The lowest BCUT2D eigenvalue weighted by Gasteiger charge is -2.35. The van der Waals surface area contributed by atoms with E-state index in [1.807, 2.05) is 54.6 Å². The van der Waals surface area contributed by atoms with Crippen molar-refractivity contribution >= 4 is 40.2 Å². The molecule has 1 unspecified atom stereocenters. The van der Waals surface area contributed by atoms with Gasteiger partial charge in [-0.15, -0.1) is 0 Å². The van der Waals surface area contributed by atoms with Crippen molar-refractivity contribution < 1.29 is 4.79 Å². The normalized spacial score (nSPS) is 16.9. The number of likely N-dealkylation sites (tertiary alicyclic amines) is 1. The highest BCUT2D eigenvalue weighted by molar-refractivity contribution is 7.99. The quantitative estimate of drug-likeness (QED) is 0.388. The van der Waals surface area contributed by atoms with Gasteiger partial charge in [0.15, 0.2) is 0 Å². The third kappa shape index (κ3) is 5.83. The summed E-state index contributed by atoms with van der Waals surface area (Å²) in [4.78, 5) is 21.5. The molecule has 2 heterocycles. The predicted octanol–water partition coefficient (Wildman–Crippen LogP) is 6.42. The summed E-state index contributed by atoms with van der Waals surface area (Å²) in [7, 11) is 0. The van der Waals surface area contributed by atoms with Gasteiger partial charge < -0.3 is 10.2 Å². The van der Waals surface area contributed by atoms with E-state index in [1.54, 1.807) is 0 Å². The number of pyridine rings is 1. The number of aromatic nitrogens is 1. The second kappa shape index (κ2) is 11.2. The van der Waals surface area contributed by atoms with Gasteiger partial charge in [0, 0.05) is 34.4 Å².